The van der Waals surface area contributed by atoms with Gasteiger partial charge in [0.1, 0.15) is 11.6 Å². The van der Waals surface area contributed by atoms with E-state index in [2.05, 4.69) is 10.5 Å². The van der Waals surface area contributed by atoms with Crippen molar-refractivity contribution in [1.82, 2.24) is 5.43 Å². The van der Waals surface area contributed by atoms with Gasteiger partial charge < -0.3 is 4.74 Å². The fourth-order valence-corrected chi connectivity index (χ4v) is 1.73. The van der Waals surface area contributed by atoms with Gasteiger partial charge in [-0.05, 0) is 55.0 Å². The minimum absolute atomic E-state index is 0.223. The Kier molecular flexibility index (Phi) is 4.66. The van der Waals surface area contributed by atoms with Crippen LogP contribution < -0.4 is 10.2 Å². The summed E-state index contributed by atoms with van der Waals surface area (Å²) in [6, 6.07) is 12.7. The van der Waals surface area contributed by atoms with Crippen molar-refractivity contribution in [2.45, 2.75) is 6.92 Å². The van der Waals surface area contributed by atoms with Crippen molar-refractivity contribution in [1.29, 1.82) is 0 Å². The lowest BCUT2D eigenvalue weighted by molar-refractivity contribution is 0.0954. The number of nitrogens with one attached hydrogen (secondary N) is 1. The molecule has 0 aromatic heterocycles. The van der Waals surface area contributed by atoms with Crippen molar-refractivity contribution in [3.63, 3.8) is 0 Å². The number of hydrogen-bond donors (Lipinski definition) is 1. The predicted molar refractivity (Wildman–Crippen MR) is 79.1 cm³/mol. The highest BCUT2D eigenvalue weighted by atomic mass is 19.1. The van der Waals surface area contributed by atoms with Crippen molar-refractivity contribution in [3.8, 4) is 5.75 Å². The van der Waals surface area contributed by atoms with Crippen LogP contribution in [0.25, 0.3) is 0 Å². The summed E-state index contributed by atoms with van der Waals surface area (Å²) in [7, 11) is 1.59. The van der Waals surface area contributed by atoms with Gasteiger partial charge in [0.05, 0.1) is 12.8 Å². The van der Waals surface area contributed by atoms with E-state index < -0.39 is 11.7 Å². The van der Waals surface area contributed by atoms with Gasteiger partial charge in [-0.1, -0.05) is 6.07 Å². The second-order valence-electron chi connectivity index (χ2n) is 4.38. The van der Waals surface area contributed by atoms with Gasteiger partial charge in [0.25, 0.3) is 5.91 Å². The topological polar surface area (TPSA) is 50.7 Å². The highest BCUT2D eigenvalue weighted by Gasteiger charge is 2.06. The Bertz CT molecular complexity index is 666. The maximum absolute atomic E-state index is 13.0. The van der Waals surface area contributed by atoms with Gasteiger partial charge in [-0.25, -0.2) is 9.82 Å². The molecule has 0 fully saturated rings. The molecule has 0 aliphatic rings. The van der Waals surface area contributed by atoms with Crippen LogP contribution in [0.15, 0.2) is 53.6 Å². The molecule has 0 saturated heterocycles. The van der Waals surface area contributed by atoms with Gasteiger partial charge in [0.2, 0.25) is 0 Å². The van der Waals surface area contributed by atoms with Crippen LogP contribution in [0.2, 0.25) is 0 Å². The van der Waals surface area contributed by atoms with E-state index in [1.807, 2.05) is 24.3 Å². The molecule has 5 heteroatoms. The molecule has 0 heterocycles. The van der Waals surface area contributed by atoms with Crippen LogP contribution >= 0.6 is 0 Å². The normalized spacial score (nSPS) is 11.1. The Morgan fingerprint density at radius 3 is 2.48 bits per heavy atom. The van der Waals surface area contributed by atoms with Gasteiger partial charge in [-0.3, -0.25) is 4.79 Å². The first kappa shape index (κ1) is 14.7. The van der Waals surface area contributed by atoms with Crippen LogP contribution in [0.1, 0.15) is 22.8 Å². The van der Waals surface area contributed by atoms with Crippen molar-refractivity contribution >= 4 is 11.6 Å². The van der Waals surface area contributed by atoms with Crippen molar-refractivity contribution in [3.05, 3.63) is 65.5 Å². The molecule has 0 saturated carbocycles. The van der Waals surface area contributed by atoms with Crippen LogP contribution in [0.5, 0.6) is 5.75 Å². The Morgan fingerprint density at radius 1 is 1.14 bits per heavy atom. The number of benzene rings is 2. The van der Waals surface area contributed by atoms with E-state index in [0.29, 0.717) is 5.71 Å². The summed E-state index contributed by atoms with van der Waals surface area (Å²) in [6.45, 7) is 1.77. The van der Waals surface area contributed by atoms with E-state index in [9.17, 15) is 9.18 Å². The molecule has 0 spiro atoms. The van der Waals surface area contributed by atoms with E-state index in [0.717, 1.165) is 17.4 Å². The minimum atomic E-state index is -0.460. The van der Waals surface area contributed by atoms with E-state index in [1.165, 1.54) is 18.2 Å². The summed E-state index contributed by atoms with van der Waals surface area (Å²) >= 11 is 0. The number of amides is 1. The average Bonchev–Trinajstić information content (AvgIpc) is 2.52. The number of ether oxygens (including phenoxy) is 1. The molecule has 0 aliphatic carbocycles. The maximum Gasteiger partial charge on any atom is 0.271 e. The first-order valence-electron chi connectivity index (χ1n) is 6.35. The molecule has 0 bridgehead atoms. The fourth-order valence-electron chi connectivity index (χ4n) is 1.73. The summed E-state index contributed by atoms with van der Waals surface area (Å²) in [4.78, 5) is 11.8. The summed E-state index contributed by atoms with van der Waals surface area (Å²) in [5, 5.41) is 4.01. The molecular formula is C16H15FN2O2. The predicted octanol–water partition coefficient (Wildman–Crippen LogP) is 2.99. The summed E-state index contributed by atoms with van der Waals surface area (Å²) in [6.07, 6.45) is 0. The monoisotopic (exact) mass is 286 g/mol. The number of hydrazone groups is 1. The zero-order chi connectivity index (χ0) is 15.2. The first-order chi connectivity index (χ1) is 10.1. The first-order valence-corrected chi connectivity index (χ1v) is 6.35. The van der Waals surface area contributed by atoms with Crippen molar-refractivity contribution in [2.75, 3.05) is 7.11 Å². The van der Waals surface area contributed by atoms with Gasteiger partial charge >= 0.3 is 0 Å². The SMILES string of the molecule is COc1ccc(C(C)=NNC(=O)c2cccc(F)c2)cc1. The van der Waals surface area contributed by atoms with Gasteiger partial charge in [-0.2, -0.15) is 5.10 Å². The molecule has 2 rings (SSSR count). The molecule has 1 N–H and O–H groups in total. The molecule has 108 valence electrons. The third-order valence-corrected chi connectivity index (χ3v) is 2.92. The molecule has 0 radical (unpaired) electrons. The quantitative estimate of drug-likeness (QED) is 0.694. The summed E-state index contributed by atoms with van der Waals surface area (Å²) in [5.41, 5.74) is 4.13. The highest BCUT2D eigenvalue weighted by molar-refractivity contribution is 6.00. The average molecular weight is 286 g/mol. The molecular weight excluding hydrogens is 271 g/mol. The molecule has 1 amide bonds. The molecule has 4 nitrogen and oxygen atoms in total. The van der Waals surface area contributed by atoms with Crippen LogP contribution in [-0.4, -0.2) is 18.7 Å². The molecule has 2 aromatic carbocycles. The summed E-state index contributed by atoms with van der Waals surface area (Å²) in [5.74, 6) is -0.170. The third-order valence-electron chi connectivity index (χ3n) is 2.92. The largest absolute Gasteiger partial charge is 0.497 e. The second-order valence-corrected chi connectivity index (χ2v) is 4.38. The van der Waals surface area contributed by atoms with Gasteiger partial charge in [-0.15, -0.1) is 0 Å². The molecule has 2 aromatic rings. The second kappa shape index (κ2) is 6.65. The van der Waals surface area contributed by atoms with Crippen LogP contribution in [0.3, 0.4) is 0 Å². The Labute approximate surface area is 122 Å². The highest BCUT2D eigenvalue weighted by Crippen LogP contribution is 2.12. The van der Waals surface area contributed by atoms with Crippen LogP contribution in [0.4, 0.5) is 4.39 Å². The minimum Gasteiger partial charge on any atom is -0.497 e. The number of methoxy groups -OCH3 is 1. The Hall–Kier alpha value is -2.69. The number of carbonyl (C=O) groups is 1. The maximum atomic E-state index is 13.0. The lowest BCUT2D eigenvalue weighted by atomic mass is 10.1. The molecule has 0 atom stereocenters. The number of halogens is 1. The number of carbonyl (C=O) groups excluding carboxylic acids is 1. The van der Waals surface area contributed by atoms with Crippen molar-refractivity contribution in [2.24, 2.45) is 5.10 Å². The molecule has 21 heavy (non-hydrogen) atoms. The lowest BCUT2D eigenvalue weighted by Gasteiger charge is -2.04. The van der Waals surface area contributed by atoms with Crippen molar-refractivity contribution < 1.29 is 13.9 Å². The van der Waals surface area contributed by atoms with Gasteiger partial charge in [0, 0.05) is 5.56 Å². The van der Waals surface area contributed by atoms with Gasteiger partial charge in [0.15, 0.2) is 0 Å². The number of rotatable bonds is 4. The Balaban J connectivity index is 2.07. The van der Waals surface area contributed by atoms with Crippen LogP contribution in [-0.2, 0) is 0 Å². The molecule has 0 aliphatic heterocycles. The smallest absolute Gasteiger partial charge is 0.271 e. The zero-order valence-corrected chi connectivity index (χ0v) is 11.8. The molecule has 0 unspecified atom stereocenters. The van der Waals surface area contributed by atoms with E-state index >= 15 is 0 Å². The van der Waals surface area contributed by atoms with E-state index in [-0.39, 0.29) is 5.56 Å². The zero-order valence-electron chi connectivity index (χ0n) is 11.8. The number of nitrogens with zero attached hydrogens (tertiary/aromatic N) is 1. The fraction of sp³-hybridized carbons (Fsp3) is 0.125. The van der Waals surface area contributed by atoms with Crippen LogP contribution in [0, 0.1) is 5.82 Å². The van der Waals surface area contributed by atoms with E-state index in [1.54, 1.807) is 14.0 Å². The number of hydrogen-bond acceptors (Lipinski definition) is 3. The third kappa shape index (κ3) is 3.89. The summed E-state index contributed by atoms with van der Waals surface area (Å²) < 4.78 is 18.1. The lowest BCUT2D eigenvalue weighted by Crippen LogP contribution is -2.19. The standard InChI is InChI=1S/C16H15FN2O2/c1-11(12-6-8-15(21-2)9-7-12)18-19-16(20)13-4-3-5-14(17)10-13/h3-10H,1-2H3,(H,19,20). The Morgan fingerprint density at radius 2 is 1.86 bits per heavy atom. The van der Waals surface area contributed by atoms with E-state index in [4.69, 9.17) is 4.74 Å².